The third-order valence-corrected chi connectivity index (χ3v) is 6.56. The number of amides is 1. The normalized spacial score (nSPS) is 16.2. The van der Waals surface area contributed by atoms with Gasteiger partial charge in [0, 0.05) is 17.5 Å². The van der Waals surface area contributed by atoms with Crippen LogP contribution in [0.2, 0.25) is 0 Å². The van der Waals surface area contributed by atoms with Gasteiger partial charge in [0.1, 0.15) is 41.5 Å². The number of terminal acetylenes is 1. The number of hydrogen-bond donors (Lipinski definition) is 1. The van der Waals surface area contributed by atoms with Crippen molar-refractivity contribution in [3.05, 3.63) is 71.7 Å². The van der Waals surface area contributed by atoms with Gasteiger partial charge in [-0.05, 0) is 43.3 Å². The van der Waals surface area contributed by atoms with Crippen molar-refractivity contribution >= 4 is 16.8 Å². The zero-order valence-electron chi connectivity index (χ0n) is 22.6. The number of hydrogen-bond acceptors (Lipinski definition) is 8. The number of nitrogens with zero attached hydrogens (tertiary/aromatic N) is 3. The van der Waals surface area contributed by atoms with Gasteiger partial charge in [-0.1, -0.05) is 24.1 Å². The fraction of sp³-hybridized carbons (Fsp3) is 0.300. The van der Waals surface area contributed by atoms with E-state index in [1.54, 1.807) is 17.9 Å². The quantitative estimate of drug-likeness (QED) is 0.294. The van der Waals surface area contributed by atoms with Gasteiger partial charge in [-0.25, -0.2) is 9.97 Å². The van der Waals surface area contributed by atoms with Crippen molar-refractivity contribution in [3.8, 4) is 35.3 Å². The molecule has 0 bridgehead atoms. The summed E-state index contributed by atoms with van der Waals surface area (Å²) in [5, 5.41) is 0.277. The number of ether oxygens (including phenoxy) is 3. The standard InChI is InChI=1S/C30H27F3N4O5/c1-3-22(34)27-26(29(38)37-14-15-40-19(16-37)17-41-18-8-6-5-7-9-18)36-28(42-27)21-10-12-23(39-4-2)25-20(21)11-13-24(35-25)30(31,32)33/h1,5-13,19,22H,4,14-17,34H2,2H3. The average Bonchev–Trinajstić information content (AvgIpc) is 3.45. The molecule has 218 valence electrons. The molecule has 1 amide bonds. The van der Waals surface area contributed by atoms with Gasteiger partial charge >= 0.3 is 6.18 Å². The number of pyridine rings is 1. The van der Waals surface area contributed by atoms with Crippen molar-refractivity contribution in [2.24, 2.45) is 5.73 Å². The molecule has 4 aromatic rings. The molecule has 0 spiro atoms. The second-order valence-electron chi connectivity index (χ2n) is 9.38. The van der Waals surface area contributed by atoms with Crippen LogP contribution in [0.4, 0.5) is 13.2 Å². The van der Waals surface area contributed by atoms with Crippen LogP contribution in [0, 0.1) is 12.3 Å². The summed E-state index contributed by atoms with van der Waals surface area (Å²) in [6, 6.07) is 13.3. The molecule has 9 nitrogen and oxygen atoms in total. The highest BCUT2D eigenvalue weighted by Gasteiger charge is 2.34. The molecule has 1 saturated heterocycles. The van der Waals surface area contributed by atoms with Crippen LogP contribution in [-0.2, 0) is 10.9 Å². The van der Waals surface area contributed by atoms with Crippen molar-refractivity contribution in [2.75, 3.05) is 32.9 Å². The highest BCUT2D eigenvalue weighted by molar-refractivity contribution is 5.98. The van der Waals surface area contributed by atoms with Crippen LogP contribution in [0.3, 0.4) is 0 Å². The van der Waals surface area contributed by atoms with Gasteiger partial charge in [-0.15, -0.1) is 6.42 Å². The number of para-hydroxylation sites is 1. The summed E-state index contributed by atoms with van der Waals surface area (Å²) in [5.74, 6) is 2.61. The molecule has 42 heavy (non-hydrogen) atoms. The largest absolute Gasteiger partial charge is 0.492 e. The highest BCUT2D eigenvalue weighted by Crippen LogP contribution is 2.37. The molecular formula is C30H27F3N4O5. The Labute approximate surface area is 239 Å². The Hall–Kier alpha value is -4.60. The van der Waals surface area contributed by atoms with E-state index in [0.29, 0.717) is 5.75 Å². The summed E-state index contributed by atoms with van der Waals surface area (Å²) in [6.07, 6.45) is 0.499. The number of fused-ring (bicyclic) bond motifs is 1. The number of rotatable bonds is 8. The van der Waals surface area contributed by atoms with Crippen molar-refractivity contribution in [1.82, 2.24) is 14.9 Å². The van der Waals surface area contributed by atoms with Gasteiger partial charge in [-0.3, -0.25) is 4.79 Å². The molecule has 1 aliphatic heterocycles. The van der Waals surface area contributed by atoms with Crippen molar-refractivity contribution in [3.63, 3.8) is 0 Å². The third kappa shape index (κ3) is 6.02. The Kier molecular flexibility index (Phi) is 8.33. The van der Waals surface area contributed by atoms with E-state index in [9.17, 15) is 18.0 Å². The molecule has 2 aromatic carbocycles. The van der Waals surface area contributed by atoms with Crippen molar-refractivity contribution in [1.29, 1.82) is 0 Å². The molecule has 1 fully saturated rings. The van der Waals surface area contributed by atoms with E-state index >= 15 is 0 Å². The number of oxazole rings is 1. The van der Waals surface area contributed by atoms with E-state index in [1.165, 1.54) is 12.1 Å². The molecule has 12 heteroatoms. The number of carbonyl (C=O) groups excluding carboxylic acids is 1. The van der Waals surface area contributed by atoms with E-state index < -0.39 is 29.9 Å². The number of aromatic nitrogens is 2. The van der Waals surface area contributed by atoms with E-state index in [4.69, 9.17) is 30.8 Å². The lowest BCUT2D eigenvalue weighted by atomic mass is 10.1. The van der Waals surface area contributed by atoms with Crippen LogP contribution in [-0.4, -0.2) is 59.8 Å². The molecule has 2 atom stereocenters. The van der Waals surface area contributed by atoms with Gasteiger partial charge in [0.2, 0.25) is 5.89 Å². The lowest BCUT2D eigenvalue weighted by molar-refractivity contribution is -0.140. The minimum Gasteiger partial charge on any atom is -0.492 e. The highest BCUT2D eigenvalue weighted by atomic mass is 19.4. The monoisotopic (exact) mass is 580 g/mol. The first-order valence-corrected chi connectivity index (χ1v) is 13.1. The maximum atomic E-state index is 13.7. The second-order valence-corrected chi connectivity index (χ2v) is 9.38. The SMILES string of the molecule is C#CC(N)c1oc(-c2ccc(OCC)c3nc(C(F)(F)F)ccc23)nc1C(=O)N1CCOC(COc2ccccc2)C1. The first-order chi connectivity index (χ1) is 20.2. The topological polar surface area (TPSA) is 113 Å². The fourth-order valence-electron chi connectivity index (χ4n) is 4.56. The summed E-state index contributed by atoms with van der Waals surface area (Å²) < 4.78 is 63.4. The Morgan fingerprint density at radius 3 is 2.67 bits per heavy atom. The molecule has 2 unspecified atom stereocenters. The summed E-state index contributed by atoms with van der Waals surface area (Å²) in [4.78, 5) is 23.5. The molecule has 0 saturated carbocycles. The number of alkyl halides is 3. The summed E-state index contributed by atoms with van der Waals surface area (Å²) >= 11 is 0. The van der Waals surface area contributed by atoms with Crippen LogP contribution >= 0.6 is 0 Å². The Morgan fingerprint density at radius 2 is 1.95 bits per heavy atom. The Balaban J connectivity index is 1.48. The maximum Gasteiger partial charge on any atom is 0.433 e. The predicted octanol–water partition coefficient (Wildman–Crippen LogP) is 4.86. The third-order valence-electron chi connectivity index (χ3n) is 6.56. The average molecular weight is 581 g/mol. The second kappa shape index (κ2) is 12.1. The first kappa shape index (κ1) is 28.9. The minimum atomic E-state index is -4.66. The van der Waals surface area contributed by atoms with Crippen LogP contribution in [0.5, 0.6) is 11.5 Å². The Morgan fingerprint density at radius 1 is 1.17 bits per heavy atom. The van der Waals surface area contributed by atoms with Crippen molar-refractivity contribution < 1.29 is 36.6 Å². The van der Waals surface area contributed by atoms with E-state index in [-0.39, 0.29) is 72.5 Å². The molecule has 0 radical (unpaired) electrons. The molecule has 1 aliphatic rings. The van der Waals surface area contributed by atoms with Gasteiger partial charge in [0.05, 0.1) is 19.8 Å². The zero-order valence-corrected chi connectivity index (χ0v) is 22.6. The number of benzene rings is 2. The number of halogens is 3. The lowest BCUT2D eigenvalue weighted by Gasteiger charge is -2.32. The molecule has 3 heterocycles. The number of nitrogens with two attached hydrogens (primary N) is 1. The van der Waals surface area contributed by atoms with E-state index in [1.807, 2.05) is 30.3 Å². The van der Waals surface area contributed by atoms with Gasteiger partial charge in [-0.2, -0.15) is 13.2 Å². The van der Waals surface area contributed by atoms with Gasteiger partial charge in [0.15, 0.2) is 11.5 Å². The van der Waals surface area contributed by atoms with Gasteiger partial charge in [0.25, 0.3) is 5.91 Å². The maximum absolute atomic E-state index is 13.7. The lowest BCUT2D eigenvalue weighted by Crippen LogP contribution is -2.48. The smallest absolute Gasteiger partial charge is 0.433 e. The zero-order chi connectivity index (χ0) is 29.9. The summed E-state index contributed by atoms with van der Waals surface area (Å²) in [7, 11) is 0. The van der Waals surface area contributed by atoms with E-state index in [0.717, 1.165) is 6.07 Å². The van der Waals surface area contributed by atoms with Crippen LogP contribution in [0.1, 0.15) is 34.9 Å². The molecule has 2 aromatic heterocycles. The van der Waals surface area contributed by atoms with Crippen molar-refractivity contribution in [2.45, 2.75) is 25.2 Å². The van der Waals surface area contributed by atoms with Crippen LogP contribution < -0.4 is 15.2 Å². The van der Waals surface area contributed by atoms with E-state index in [2.05, 4.69) is 15.9 Å². The molecule has 2 N–H and O–H groups in total. The summed E-state index contributed by atoms with van der Waals surface area (Å²) in [5.41, 5.74) is 5.17. The molecule has 0 aliphatic carbocycles. The minimum absolute atomic E-state index is 0.0347. The predicted molar refractivity (Wildman–Crippen MR) is 147 cm³/mol. The van der Waals surface area contributed by atoms with Gasteiger partial charge < -0.3 is 29.3 Å². The number of carbonyl (C=O) groups is 1. The Bertz CT molecular complexity index is 1620. The molecule has 5 rings (SSSR count). The molecular weight excluding hydrogens is 553 g/mol. The fourth-order valence-corrected chi connectivity index (χ4v) is 4.56. The summed E-state index contributed by atoms with van der Waals surface area (Å²) in [6.45, 7) is 2.91. The van der Waals surface area contributed by atoms with Crippen LogP contribution in [0.25, 0.3) is 22.4 Å². The number of morpholine rings is 1. The first-order valence-electron chi connectivity index (χ1n) is 13.1. The van der Waals surface area contributed by atoms with Crippen LogP contribution in [0.15, 0.2) is 59.0 Å².